The molecule has 0 radical (unpaired) electrons. The van der Waals surface area contributed by atoms with Crippen LogP contribution >= 0.6 is 0 Å². The third kappa shape index (κ3) is 12.1. The zero-order chi connectivity index (χ0) is 53.3. The Morgan fingerprint density at radius 3 is 2.32 bits per heavy atom. The number of ether oxygens (including phenoxy) is 6. The zero-order valence-corrected chi connectivity index (χ0v) is 43.1. The van der Waals surface area contributed by atoms with E-state index in [1.165, 1.54) is 38.5 Å². The fourth-order valence-electron chi connectivity index (χ4n) is 10.8. The number of nitrogens with zero attached hydrogens (tertiary/aromatic N) is 3. The van der Waals surface area contributed by atoms with Crippen molar-refractivity contribution in [1.82, 2.24) is 4.90 Å². The molecule has 5 aromatic rings. The van der Waals surface area contributed by atoms with Gasteiger partial charge in [-0.2, -0.15) is 0 Å². The Labute approximate surface area is 436 Å². The highest BCUT2D eigenvalue weighted by Gasteiger charge is 2.66. The molecule has 0 bridgehead atoms. The molecular weight excluding hydrogens is 961 g/mol. The number of nitrogens with one attached hydrogen (secondary N) is 1. The fourth-order valence-corrected chi connectivity index (χ4v) is 10.8. The first-order valence-electron chi connectivity index (χ1n) is 25.4. The van der Waals surface area contributed by atoms with Gasteiger partial charge in [-0.05, 0) is 123 Å². The van der Waals surface area contributed by atoms with Gasteiger partial charge in [0.1, 0.15) is 40.4 Å². The molecule has 0 saturated heterocycles. The maximum atomic E-state index is 15.4. The summed E-state index contributed by atoms with van der Waals surface area (Å²) in [5.41, 5.74) is 2.35. The molecule has 1 heterocycles. The number of benzene rings is 5. The first-order chi connectivity index (χ1) is 36.2. The van der Waals surface area contributed by atoms with E-state index in [0.29, 0.717) is 60.8 Å². The second kappa shape index (κ2) is 23.8. The Morgan fingerprint density at radius 1 is 0.893 bits per heavy atom. The number of methoxy groups -OCH3 is 2. The van der Waals surface area contributed by atoms with Gasteiger partial charge in [0.15, 0.2) is 0 Å². The summed E-state index contributed by atoms with van der Waals surface area (Å²) in [6, 6.07) is 28.3. The maximum Gasteiger partial charge on any atom is 0.417 e. The highest BCUT2D eigenvalue weighted by atomic mass is 16.7. The second-order valence-electron chi connectivity index (χ2n) is 19.9. The normalized spacial score (nSPS) is 21.1. The first kappa shape index (κ1) is 53.8. The van der Waals surface area contributed by atoms with Gasteiger partial charge in [0.2, 0.25) is 5.79 Å². The third-order valence-corrected chi connectivity index (χ3v) is 14.0. The number of carbonyl (C=O) groups excluding carboxylic acids is 2. The molecule has 17 heteroatoms. The van der Waals surface area contributed by atoms with Gasteiger partial charge >= 0.3 is 12.2 Å². The van der Waals surface area contributed by atoms with Gasteiger partial charge in [-0.25, -0.2) is 9.59 Å². The van der Waals surface area contributed by atoms with E-state index in [-0.39, 0.29) is 61.8 Å². The minimum atomic E-state index is -1.69. The molecule has 75 heavy (non-hydrogen) atoms. The molecule has 5 aromatic carbocycles. The molecule has 17 nitrogen and oxygen atoms in total. The zero-order valence-electron chi connectivity index (χ0n) is 43.1. The quantitative estimate of drug-likeness (QED) is 0.0271. The highest BCUT2D eigenvalue weighted by molar-refractivity contribution is 6.03. The third-order valence-electron chi connectivity index (χ3n) is 14.0. The van der Waals surface area contributed by atoms with Gasteiger partial charge in [-0.3, -0.25) is 20.3 Å². The van der Waals surface area contributed by atoms with Crippen LogP contribution in [0.4, 0.5) is 21.0 Å². The number of hydrogen-bond acceptors (Lipinski definition) is 14. The fraction of sp³-hybridized carbons (Fsp3) is 0.397. The summed E-state index contributed by atoms with van der Waals surface area (Å²) in [6.45, 7) is 9.78. The number of non-ortho nitro benzene ring substituents is 1. The van der Waals surface area contributed by atoms with Crippen molar-refractivity contribution in [2.45, 2.75) is 95.6 Å². The summed E-state index contributed by atoms with van der Waals surface area (Å²) >= 11 is 0. The van der Waals surface area contributed by atoms with Gasteiger partial charge in [-0.1, -0.05) is 72.6 Å². The van der Waals surface area contributed by atoms with Crippen molar-refractivity contribution in [3.8, 4) is 28.7 Å². The SMILES string of the molecule is C=CCOC12Oc3ccc(OC(=O)Nc4ccc(OC)cc4OC)cc3C3C(CCCCO)C(CCCCO)C=C(C(=NOC(C)(C)C)CC1N(Cc1cccc4ccccc14)C(=O)Oc1ccc([N+](=O)[O-])cc1)C32. The summed E-state index contributed by atoms with van der Waals surface area (Å²) in [5.74, 6) is -1.45. The van der Waals surface area contributed by atoms with Gasteiger partial charge in [-0.15, -0.1) is 6.58 Å². The number of oxime groups is 1. The van der Waals surface area contributed by atoms with E-state index < -0.39 is 46.4 Å². The number of allylic oxidation sites excluding steroid dienone is 1. The van der Waals surface area contributed by atoms with Crippen molar-refractivity contribution in [3.63, 3.8) is 0 Å². The van der Waals surface area contributed by atoms with Gasteiger partial charge in [0.05, 0.1) is 49.6 Å². The van der Waals surface area contributed by atoms with E-state index in [0.717, 1.165) is 33.9 Å². The van der Waals surface area contributed by atoms with Crippen LogP contribution in [0.25, 0.3) is 10.8 Å². The van der Waals surface area contributed by atoms with Crippen molar-refractivity contribution in [2.24, 2.45) is 22.9 Å². The lowest BCUT2D eigenvalue weighted by Gasteiger charge is -2.60. The van der Waals surface area contributed by atoms with Gasteiger partial charge < -0.3 is 43.5 Å². The lowest BCUT2D eigenvalue weighted by molar-refractivity contribution is -0.384. The molecule has 8 rings (SSSR count). The number of unbranched alkanes of at least 4 members (excludes halogenated alkanes) is 2. The van der Waals surface area contributed by atoms with E-state index >= 15 is 4.79 Å². The molecular formula is C58H66N4O13. The van der Waals surface area contributed by atoms with Crippen molar-refractivity contribution < 1.29 is 58.0 Å². The van der Waals surface area contributed by atoms with E-state index in [9.17, 15) is 25.1 Å². The molecule has 6 unspecified atom stereocenters. The van der Waals surface area contributed by atoms with E-state index in [2.05, 4.69) is 18.0 Å². The second-order valence-corrected chi connectivity index (χ2v) is 19.9. The number of nitro benzene ring substituents is 1. The minimum absolute atomic E-state index is 0.00166. The largest absolute Gasteiger partial charge is 0.497 e. The molecule has 0 spiro atoms. The highest BCUT2D eigenvalue weighted by Crippen LogP contribution is 2.62. The van der Waals surface area contributed by atoms with Gasteiger partial charge in [0.25, 0.3) is 5.69 Å². The van der Waals surface area contributed by atoms with Crippen molar-refractivity contribution in [1.29, 1.82) is 0 Å². The van der Waals surface area contributed by atoms with Crippen molar-refractivity contribution in [2.75, 3.05) is 39.4 Å². The number of aliphatic hydroxyl groups excluding tert-OH is 2. The molecule has 1 aliphatic heterocycles. The Kier molecular flexibility index (Phi) is 17.1. The van der Waals surface area contributed by atoms with Crippen LogP contribution in [0.5, 0.6) is 28.7 Å². The molecule has 3 aliphatic rings. The van der Waals surface area contributed by atoms with Crippen LogP contribution in [0.3, 0.4) is 0 Å². The van der Waals surface area contributed by atoms with E-state index in [4.69, 9.17) is 38.4 Å². The summed E-state index contributed by atoms with van der Waals surface area (Å²) in [7, 11) is 3.02. The standard InChI is InChI=1S/C58H66N4O13/c1-7-31-71-58-52(61(36-39-18-14-17-37-15-8-9-19-44(37)39)56(66)73-41-23-21-40(22-24-41)62(67)68)35-49(60-75-57(2,3)4)46-32-38(16-10-12-29-63)45(20-11-13-30-64)53(54(46)58)47-33-43(26-28-50(47)74-58)72-55(65)59-48-27-25-42(69-5)34-51(48)70-6/h7-9,14-15,17-19,21-28,32-34,38,45,52-54,63-64H,1,10-13,16,20,29-31,35-36H2,2-6H3,(H,59,65). The predicted molar refractivity (Wildman–Crippen MR) is 284 cm³/mol. The molecule has 2 amide bonds. The number of carbonyl (C=O) groups is 2. The first-order valence-corrected chi connectivity index (χ1v) is 25.4. The van der Waals surface area contributed by atoms with E-state index in [1.54, 1.807) is 41.3 Å². The Morgan fingerprint density at radius 2 is 1.61 bits per heavy atom. The molecule has 6 atom stereocenters. The number of aliphatic hydroxyl groups is 2. The molecule has 0 aromatic heterocycles. The summed E-state index contributed by atoms with van der Waals surface area (Å²) in [6.07, 6.45) is 6.29. The number of hydrogen-bond donors (Lipinski definition) is 3. The van der Waals surface area contributed by atoms with Crippen LogP contribution in [-0.4, -0.2) is 89.4 Å². The van der Waals surface area contributed by atoms with Crippen LogP contribution in [0.1, 0.15) is 82.8 Å². The van der Waals surface area contributed by atoms with Crippen LogP contribution in [0.15, 0.2) is 133 Å². The van der Waals surface area contributed by atoms with Crippen LogP contribution in [0.2, 0.25) is 0 Å². The van der Waals surface area contributed by atoms with E-state index in [1.807, 2.05) is 69.3 Å². The monoisotopic (exact) mass is 1030 g/mol. The predicted octanol–water partition coefficient (Wildman–Crippen LogP) is 11.5. The Balaban J connectivity index is 1.33. The molecule has 1 saturated carbocycles. The maximum absolute atomic E-state index is 15.4. The molecule has 3 N–H and O–H groups in total. The van der Waals surface area contributed by atoms with Crippen molar-refractivity contribution in [3.05, 3.63) is 149 Å². The Bertz CT molecular complexity index is 2910. The summed E-state index contributed by atoms with van der Waals surface area (Å²) in [5, 5.41) is 41.4. The van der Waals surface area contributed by atoms with Crippen LogP contribution in [0, 0.1) is 27.9 Å². The number of nitro groups is 1. The topological polar surface area (TPSA) is 210 Å². The lowest BCUT2D eigenvalue weighted by Crippen LogP contribution is -2.70. The number of anilines is 1. The average molecular weight is 1030 g/mol. The molecule has 396 valence electrons. The number of fused-ring (bicyclic) bond motifs is 3. The summed E-state index contributed by atoms with van der Waals surface area (Å²) < 4.78 is 37.8. The minimum Gasteiger partial charge on any atom is -0.497 e. The smallest absolute Gasteiger partial charge is 0.417 e. The van der Waals surface area contributed by atoms with Crippen LogP contribution < -0.4 is 29.0 Å². The summed E-state index contributed by atoms with van der Waals surface area (Å²) in [4.78, 5) is 48.2. The number of amides is 2. The molecule has 2 aliphatic carbocycles. The lowest BCUT2D eigenvalue weighted by atomic mass is 9.55. The Hall–Kier alpha value is -7.47. The number of rotatable bonds is 21. The van der Waals surface area contributed by atoms with Gasteiger partial charge in [0, 0.05) is 49.3 Å². The average Bonchev–Trinajstić information content (AvgIpc) is 3.44. The van der Waals surface area contributed by atoms with Crippen molar-refractivity contribution >= 4 is 40.0 Å². The van der Waals surface area contributed by atoms with Crippen LogP contribution in [-0.2, 0) is 16.1 Å². The molecule has 1 fully saturated rings.